The molecule has 1 aromatic rings. The molecule has 1 aliphatic heterocycles. The smallest absolute Gasteiger partial charge is 0.142 e. The number of allylic oxidation sites excluding steroid dienone is 1. The third-order valence-electron chi connectivity index (χ3n) is 2.72. The Balaban J connectivity index is 2.14. The third-order valence-corrected chi connectivity index (χ3v) is 2.72. The second-order valence-electron chi connectivity index (χ2n) is 3.83. The maximum absolute atomic E-state index is 10.3. The van der Waals surface area contributed by atoms with Crippen molar-refractivity contribution in [3.63, 3.8) is 0 Å². The molecule has 0 saturated carbocycles. The SMILES string of the molecule is O=CC=Cc1cccc(N2CCNCC2)c1. The number of carbonyl (C=O) groups excluding carboxylic acids is 1. The number of carbonyl (C=O) groups is 1. The fraction of sp³-hybridized carbons (Fsp3) is 0.308. The molecule has 16 heavy (non-hydrogen) atoms. The van der Waals surface area contributed by atoms with Gasteiger partial charge in [-0.1, -0.05) is 18.2 Å². The molecule has 0 atom stereocenters. The van der Waals surface area contributed by atoms with Crippen molar-refractivity contribution in [1.82, 2.24) is 5.32 Å². The monoisotopic (exact) mass is 216 g/mol. The summed E-state index contributed by atoms with van der Waals surface area (Å²) < 4.78 is 0. The number of anilines is 1. The Morgan fingerprint density at radius 3 is 2.81 bits per heavy atom. The lowest BCUT2D eigenvalue weighted by Crippen LogP contribution is -2.43. The predicted octanol–water partition coefficient (Wildman–Crippen LogP) is 1.31. The van der Waals surface area contributed by atoms with E-state index in [1.54, 1.807) is 0 Å². The molecule has 1 N–H and O–H groups in total. The Morgan fingerprint density at radius 1 is 1.25 bits per heavy atom. The molecule has 1 aliphatic rings. The molecule has 0 bridgehead atoms. The first-order chi connectivity index (χ1) is 7.90. The van der Waals surface area contributed by atoms with E-state index in [1.165, 1.54) is 11.8 Å². The molecule has 3 nitrogen and oxygen atoms in total. The van der Waals surface area contributed by atoms with E-state index < -0.39 is 0 Å². The van der Waals surface area contributed by atoms with Gasteiger partial charge in [0.05, 0.1) is 0 Å². The normalized spacial score (nSPS) is 16.6. The summed E-state index contributed by atoms with van der Waals surface area (Å²) in [5.74, 6) is 0. The van der Waals surface area contributed by atoms with E-state index >= 15 is 0 Å². The Hall–Kier alpha value is -1.61. The van der Waals surface area contributed by atoms with Crippen LogP contribution in [0.25, 0.3) is 6.08 Å². The summed E-state index contributed by atoms with van der Waals surface area (Å²) in [5.41, 5.74) is 2.30. The van der Waals surface area contributed by atoms with Gasteiger partial charge in [0.2, 0.25) is 0 Å². The van der Waals surface area contributed by atoms with Gasteiger partial charge in [-0.3, -0.25) is 4.79 Å². The molecule has 0 spiro atoms. The van der Waals surface area contributed by atoms with E-state index in [0.29, 0.717) is 0 Å². The summed E-state index contributed by atoms with van der Waals surface area (Å²) in [6.07, 6.45) is 4.16. The average molecular weight is 216 g/mol. The van der Waals surface area contributed by atoms with Gasteiger partial charge in [0, 0.05) is 31.9 Å². The molecule has 0 radical (unpaired) electrons. The van der Waals surface area contributed by atoms with Gasteiger partial charge in [0.25, 0.3) is 0 Å². The largest absolute Gasteiger partial charge is 0.369 e. The molecule has 1 heterocycles. The quantitative estimate of drug-likeness (QED) is 0.610. The second-order valence-corrected chi connectivity index (χ2v) is 3.83. The number of benzene rings is 1. The number of rotatable bonds is 3. The van der Waals surface area contributed by atoms with Gasteiger partial charge in [-0.15, -0.1) is 0 Å². The first kappa shape index (κ1) is 10.9. The van der Waals surface area contributed by atoms with Crippen molar-refractivity contribution < 1.29 is 4.79 Å². The fourth-order valence-corrected chi connectivity index (χ4v) is 1.90. The van der Waals surface area contributed by atoms with E-state index in [2.05, 4.69) is 22.3 Å². The van der Waals surface area contributed by atoms with Gasteiger partial charge in [-0.2, -0.15) is 0 Å². The van der Waals surface area contributed by atoms with Gasteiger partial charge >= 0.3 is 0 Å². The number of hydrogen-bond acceptors (Lipinski definition) is 3. The van der Waals surface area contributed by atoms with Crippen LogP contribution in [-0.2, 0) is 4.79 Å². The van der Waals surface area contributed by atoms with Crippen LogP contribution in [0.15, 0.2) is 30.3 Å². The molecule has 84 valence electrons. The van der Waals surface area contributed by atoms with Crippen LogP contribution >= 0.6 is 0 Å². The highest BCUT2D eigenvalue weighted by Crippen LogP contribution is 2.17. The maximum atomic E-state index is 10.3. The Kier molecular flexibility index (Phi) is 3.72. The molecule has 3 heteroatoms. The van der Waals surface area contributed by atoms with Crippen molar-refractivity contribution in [3.8, 4) is 0 Å². The predicted molar refractivity (Wildman–Crippen MR) is 66.6 cm³/mol. The van der Waals surface area contributed by atoms with Crippen molar-refractivity contribution >= 4 is 18.0 Å². The van der Waals surface area contributed by atoms with E-state index in [1.807, 2.05) is 18.2 Å². The van der Waals surface area contributed by atoms with Crippen LogP contribution in [0, 0.1) is 0 Å². The van der Waals surface area contributed by atoms with Crippen LogP contribution in [0.1, 0.15) is 5.56 Å². The minimum atomic E-state index is 0.803. The number of nitrogens with one attached hydrogen (secondary N) is 1. The molecule has 2 rings (SSSR count). The summed E-state index contributed by atoms with van der Waals surface area (Å²) in [6.45, 7) is 4.16. The van der Waals surface area contributed by atoms with Crippen LogP contribution < -0.4 is 10.2 Å². The molecular weight excluding hydrogens is 200 g/mol. The minimum Gasteiger partial charge on any atom is -0.369 e. The summed E-state index contributed by atoms with van der Waals surface area (Å²) in [6, 6.07) is 8.27. The van der Waals surface area contributed by atoms with E-state index in [4.69, 9.17) is 0 Å². The van der Waals surface area contributed by atoms with Crippen LogP contribution in [0.5, 0.6) is 0 Å². The third kappa shape index (κ3) is 2.70. The van der Waals surface area contributed by atoms with Gasteiger partial charge in [0.15, 0.2) is 0 Å². The molecule has 0 unspecified atom stereocenters. The Morgan fingerprint density at radius 2 is 2.06 bits per heavy atom. The highest BCUT2D eigenvalue weighted by molar-refractivity contribution is 5.74. The molecule has 0 amide bonds. The Bertz CT molecular complexity index is 381. The summed E-state index contributed by atoms with van der Waals surface area (Å²) in [7, 11) is 0. The summed E-state index contributed by atoms with van der Waals surface area (Å²) in [4.78, 5) is 12.6. The summed E-state index contributed by atoms with van der Waals surface area (Å²) in [5, 5.41) is 3.33. The van der Waals surface area contributed by atoms with Crippen LogP contribution in [0.4, 0.5) is 5.69 Å². The fourth-order valence-electron chi connectivity index (χ4n) is 1.90. The molecule has 1 aromatic carbocycles. The summed E-state index contributed by atoms with van der Waals surface area (Å²) >= 11 is 0. The zero-order chi connectivity index (χ0) is 11.2. The number of hydrogen-bond donors (Lipinski definition) is 1. The van der Waals surface area contributed by atoms with E-state index in [0.717, 1.165) is 38.0 Å². The zero-order valence-electron chi connectivity index (χ0n) is 9.23. The zero-order valence-corrected chi connectivity index (χ0v) is 9.23. The van der Waals surface area contributed by atoms with Crippen LogP contribution in [0.2, 0.25) is 0 Å². The maximum Gasteiger partial charge on any atom is 0.142 e. The van der Waals surface area contributed by atoms with Gasteiger partial charge < -0.3 is 10.2 Å². The van der Waals surface area contributed by atoms with Crippen molar-refractivity contribution in [3.05, 3.63) is 35.9 Å². The second kappa shape index (κ2) is 5.47. The molecule has 1 saturated heterocycles. The molecule has 0 aromatic heterocycles. The topological polar surface area (TPSA) is 32.3 Å². The van der Waals surface area contributed by atoms with Gasteiger partial charge in [-0.05, 0) is 23.8 Å². The molecular formula is C13H16N2O. The lowest BCUT2D eigenvalue weighted by molar-refractivity contribution is -0.104. The van der Waals surface area contributed by atoms with Crippen molar-refractivity contribution in [2.75, 3.05) is 31.1 Å². The first-order valence-corrected chi connectivity index (χ1v) is 5.58. The van der Waals surface area contributed by atoms with Crippen molar-refractivity contribution in [2.24, 2.45) is 0 Å². The van der Waals surface area contributed by atoms with Crippen molar-refractivity contribution in [1.29, 1.82) is 0 Å². The number of nitrogens with zero attached hydrogens (tertiary/aromatic N) is 1. The Labute approximate surface area is 95.8 Å². The first-order valence-electron chi connectivity index (χ1n) is 5.58. The average Bonchev–Trinajstić information content (AvgIpc) is 2.38. The minimum absolute atomic E-state index is 0.803. The lowest BCUT2D eigenvalue weighted by Gasteiger charge is -2.29. The van der Waals surface area contributed by atoms with E-state index in [9.17, 15) is 4.79 Å². The lowest BCUT2D eigenvalue weighted by atomic mass is 10.1. The van der Waals surface area contributed by atoms with E-state index in [-0.39, 0.29) is 0 Å². The van der Waals surface area contributed by atoms with Gasteiger partial charge in [0.1, 0.15) is 6.29 Å². The molecule has 1 fully saturated rings. The highest BCUT2D eigenvalue weighted by Gasteiger charge is 2.09. The number of piperazine rings is 1. The van der Waals surface area contributed by atoms with Gasteiger partial charge in [-0.25, -0.2) is 0 Å². The van der Waals surface area contributed by atoms with Crippen molar-refractivity contribution in [2.45, 2.75) is 0 Å². The molecule has 0 aliphatic carbocycles. The number of aldehydes is 1. The highest BCUT2D eigenvalue weighted by atomic mass is 16.1. The standard InChI is InChI=1S/C13H16N2O/c16-10-2-4-12-3-1-5-13(11-12)15-8-6-14-7-9-15/h1-5,10-11,14H,6-9H2. The van der Waals surface area contributed by atoms with Crippen LogP contribution in [0.3, 0.4) is 0 Å². The van der Waals surface area contributed by atoms with Crippen LogP contribution in [-0.4, -0.2) is 32.5 Å².